The van der Waals surface area contributed by atoms with Crippen LogP contribution in [0.1, 0.15) is 19.4 Å². The molecule has 3 aromatic carbocycles. The molecule has 0 aliphatic rings. The van der Waals surface area contributed by atoms with Gasteiger partial charge >= 0.3 is 0 Å². The maximum Gasteiger partial charge on any atom is 0.223 e. The molecule has 7 rings (SSSR count). The Morgan fingerprint density at radius 2 is 1.11 bits per heavy atom. The van der Waals surface area contributed by atoms with Gasteiger partial charge in [0.15, 0.2) is 0 Å². The number of aromatic nitrogens is 10. The zero-order valence-electron chi connectivity index (χ0n) is 28.8. The number of nitrogens with one attached hydrogen (secondary N) is 1. The van der Waals surface area contributed by atoms with Crippen LogP contribution in [-0.4, -0.2) is 63.1 Å². The van der Waals surface area contributed by atoms with Crippen LogP contribution in [-0.2, 0) is 29.5 Å². The average molecular weight is 771 g/mol. The number of rotatable bonds is 13. The van der Waals surface area contributed by atoms with E-state index in [1.807, 2.05) is 86.6 Å². The molecule has 7 aromatic rings. The Balaban J connectivity index is 0.000000188. The van der Waals surface area contributed by atoms with Crippen molar-refractivity contribution in [3.8, 4) is 45.3 Å². The van der Waals surface area contributed by atoms with Crippen molar-refractivity contribution < 1.29 is 9.47 Å². The second kappa shape index (κ2) is 18.4. The number of halogens is 3. The van der Waals surface area contributed by atoms with Gasteiger partial charge in [-0.3, -0.25) is 0 Å². The zero-order valence-corrected chi connectivity index (χ0v) is 31.0. The highest BCUT2D eigenvalue weighted by Crippen LogP contribution is 2.32. The van der Waals surface area contributed by atoms with E-state index >= 15 is 0 Å². The molecule has 0 aliphatic heterocycles. The van der Waals surface area contributed by atoms with Crippen molar-refractivity contribution in [3.63, 3.8) is 0 Å². The molecule has 0 spiro atoms. The van der Waals surface area contributed by atoms with Crippen LogP contribution in [0.15, 0.2) is 103 Å². The lowest BCUT2D eigenvalue weighted by Crippen LogP contribution is -2.06. The smallest absolute Gasteiger partial charge is 0.223 e. The summed E-state index contributed by atoms with van der Waals surface area (Å²) in [6, 6.07) is 28.6. The van der Waals surface area contributed by atoms with Crippen LogP contribution in [0.2, 0.25) is 15.3 Å². The summed E-state index contributed by atoms with van der Waals surface area (Å²) in [5.74, 6) is 0.526. The van der Waals surface area contributed by atoms with Crippen molar-refractivity contribution in [2.75, 3.05) is 18.5 Å². The van der Waals surface area contributed by atoms with Gasteiger partial charge in [0.1, 0.15) is 36.2 Å². The van der Waals surface area contributed by atoms with E-state index in [-0.39, 0.29) is 5.28 Å². The minimum absolute atomic E-state index is 0.156. The normalized spacial score (nSPS) is 10.9. The highest BCUT2D eigenvalue weighted by atomic mass is 35.5. The van der Waals surface area contributed by atoms with E-state index in [1.54, 1.807) is 27.8 Å². The number of benzene rings is 3. The molecule has 0 bridgehead atoms. The second-order valence-electron chi connectivity index (χ2n) is 11.1. The fourth-order valence-corrected chi connectivity index (χ4v) is 5.51. The quantitative estimate of drug-likeness (QED) is 0.113. The molecule has 53 heavy (non-hydrogen) atoms. The van der Waals surface area contributed by atoms with Gasteiger partial charge in [-0.25, -0.2) is 29.3 Å². The fraction of sp³-hybridized carbons (Fsp3) is 0.189. The van der Waals surface area contributed by atoms with Gasteiger partial charge in [-0.15, -0.1) is 10.2 Å². The molecule has 0 saturated carbocycles. The van der Waals surface area contributed by atoms with Gasteiger partial charge in [0.05, 0.1) is 11.4 Å². The Morgan fingerprint density at radius 3 is 1.62 bits per heavy atom. The molecular formula is C37H34Cl3N11O2. The molecular weight excluding hydrogens is 737 g/mol. The van der Waals surface area contributed by atoms with Crippen LogP contribution in [0, 0.1) is 0 Å². The Labute approximate surface area is 320 Å². The minimum Gasteiger partial charge on any atom is -0.359 e. The predicted octanol–water partition coefficient (Wildman–Crippen LogP) is 8.36. The lowest BCUT2D eigenvalue weighted by molar-refractivity contribution is 0.0789. The summed E-state index contributed by atoms with van der Waals surface area (Å²) in [5, 5.41) is 21.8. The Bertz CT molecular complexity index is 2210. The maximum absolute atomic E-state index is 6.07. The van der Waals surface area contributed by atoms with Crippen molar-refractivity contribution in [3.05, 3.63) is 124 Å². The van der Waals surface area contributed by atoms with E-state index in [0.717, 1.165) is 28.1 Å². The molecule has 0 radical (unpaired) electrons. The summed E-state index contributed by atoms with van der Waals surface area (Å²) in [6.07, 6.45) is 3.29. The fourth-order valence-electron chi connectivity index (χ4n) is 5.11. The first-order valence-corrected chi connectivity index (χ1v) is 17.7. The van der Waals surface area contributed by atoms with Gasteiger partial charge < -0.3 is 14.8 Å². The van der Waals surface area contributed by atoms with Gasteiger partial charge in [-0.1, -0.05) is 88.2 Å². The van der Waals surface area contributed by atoms with E-state index in [1.165, 1.54) is 0 Å². The summed E-state index contributed by atoms with van der Waals surface area (Å²) >= 11 is 17.9. The Kier molecular flexibility index (Phi) is 13.0. The Morgan fingerprint density at radius 1 is 0.604 bits per heavy atom. The van der Waals surface area contributed by atoms with E-state index in [4.69, 9.17) is 44.3 Å². The van der Waals surface area contributed by atoms with Gasteiger partial charge in [0, 0.05) is 53.3 Å². The highest BCUT2D eigenvalue weighted by Gasteiger charge is 2.20. The Hall–Kier alpha value is -5.31. The third-order valence-corrected chi connectivity index (χ3v) is 8.29. The van der Waals surface area contributed by atoms with Crippen LogP contribution < -0.4 is 5.32 Å². The van der Waals surface area contributed by atoms with Crippen LogP contribution in [0.3, 0.4) is 0 Å². The van der Waals surface area contributed by atoms with Crippen LogP contribution in [0.4, 0.5) is 5.95 Å². The predicted molar refractivity (Wildman–Crippen MR) is 205 cm³/mol. The zero-order chi connectivity index (χ0) is 37.0. The highest BCUT2D eigenvalue weighted by molar-refractivity contribution is 6.31. The third-order valence-electron chi connectivity index (χ3n) is 7.60. The van der Waals surface area contributed by atoms with Crippen LogP contribution in [0.5, 0.6) is 0 Å². The molecule has 13 nitrogen and oxygen atoms in total. The third kappa shape index (κ3) is 9.77. The number of hydrogen-bond donors (Lipinski definition) is 1. The van der Waals surface area contributed by atoms with Crippen molar-refractivity contribution in [1.29, 1.82) is 0 Å². The first-order chi connectivity index (χ1) is 25.9. The topological polar surface area (TPSA) is 143 Å². The molecule has 0 amide bonds. The largest absolute Gasteiger partial charge is 0.359 e. The summed E-state index contributed by atoms with van der Waals surface area (Å²) in [7, 11) is 0. The molecule has 0 atom stereocenters. The first kappa shape index (κ1) is 37.4. The van der Waals surface area contributed by atoms with E-state index < -0.39 is 0 Å². The molecule has 270 valence electrons. The molecule has 4 heterocycles. The number of hydrogen-bond acceptors (Lipinski definition) is 11. The lowest BCUT2D eigenvalue weighted by atomic mass is 10.1. The van der Waals surface area contributed by atoms with E-state index in [9.17, 15) is 0 Å². The van der Waals surface area contributed by atoms with Gasteiger partial charge in [0.2, 0.25) is 11.2 Å². The molecule has 16 heteroatoms. The van der Waals surface area contributed by atoms with Crippen LogP contribution >= 0.6 is 34.8 Å². The van der Waals surface area contributed by atoms with Crippen molar-refractivity contribution >= 4 is 40.8 Å². The van der Waals surface area contributed by atoms with Crippen molar-refractivity contribution in [2.45, 2.75) is 33.9 Å². The van der Waals surface area contributed by atoms with Crippen molar-refractivity contribution in [1.82, 2.24) is 49.9 Å². The van der Waals surface area contributed by atoms with E-state index in [2.05, 4.69) is 58.0 Å². The molecule has 0 fully saturated rings. The van der Waals surface area contributed by atoms with Crippen molar-refractivity contribution in [2.24, 2.45) is 0 Å². The second-order valence-corrected chi connectivity index (χ2v) is 12.4. The first-order valence-electron chi connectivity index (χ1n) is 16.6. The number of ether oxygens (including phenoxy) is 2. The maximum atomic E-state index is 6.07. The van der Waals surface area contributed by atoms with Gasteiger partial charge in [0.25, 0.3) is 0 Å². The van der Waals surface area contributed by atoms with Crippen LogP contribution in [0.25, 0.3) is 45.3 Å². The molecule has 4 aromatic heterocycles. The molecule has 0 saturated heterocycles. The van der Waals surface area contributed by atoms with E-state index in [0.29, 0.717) is 72.0 Å². The van der Waals surface area contributed by atoms with Gasteiger partial charge in [-0.05, 0) is 67.4 Å². The molecule has 0 unspecified atom stereocenters. The summed E-state index contributed by atoms with van der Waals surface area (Å²) in [6.45, 7) is 6.24. The molecule has 1 N–H and O–H groups in total. The minimum atomic E-state index is 0.156. The number of anilines is 1. The molecule has 0 aliphatic carbocycles. The number of nitrogens with zero attached hydrogens (tertiary/aromatic N) is 10. The summed E-state index contributed by atoms with van der Waals surface area (Å²) in [4.78, 5) is 17.1. The van der Waals surface area contributed by atoms with Gasteiger partial charge in [-0.2, -0.15) is 0 Å². The summed E-state index contributed by atoms with van der Waals surface area (Å²) < 4.78 is 14.4. The monoisotopic (exact) mass is 769 g/mol. The summed E-state index contributed by atoms with van der Waals surface area (Å²) in [5.41, 5.74) is 7.11. The SMILES string of the molecule is CCOCn1nnc(-c2ccnc(Cl)n2)c1-c1ccc(Cl)cc1.CCOCn1nnc(-c2ccnc(NCc3ccccc3)n2)c1-c1ccc(Cl)cc1. The average Bonchev–Trinajstić information content (AvgIpc) is 3.82. The standard InChI is InChI=1S/C22H21ClN6O.C15H13Cl2N5O/c1-2-30-15-29-21(17-8-10-18(23)11-9-17)20(27-28-29)19-12-13-24-22(26-19)25-14-16-6-4-3-5-7-16;1-2-23-9-22-14(10-3-5-11(16)6-4-10)13(20-21-22)12-7-8-18-15(17)19-12/h3-13H,2,14-15H2,1H3,(H,24,25,26);3-8H,2,9H2,1H3. The lowest BCUT2D eigenvalue weighted by Gasteiger charge is -2.09.